The SMILES string of the molecule is O=C1NCc2ccccc2N1CCC1CCN(Cc2ccccc2)CC1. The molecular formula is C22H27N3O. The Bertz CT molecular complexity index is 738. The van der Waals surface area contributed by atoms with Crippen molar-refractivity contribution in [2.24, 2.45) is 5.92 Å². The van der Waals surface area contributed by atoms with E-state index in [4.69, 9.17) is 0 Å². The van der Waals surface area contributed by atoms with Gasteiger partial charge in [0.1, 0.15) is 0 Å². The van der Waals surface area contributed by atoms with Crippen LogP contribution in [0.1, 0.15) is 30.4 Å². The zero-order valence-electron chi connectivity index (χ0n) is 15.2. The molecule has 1 fully saturated rings. The fraction of sp³-hybridized carbons (Fsp3) is 0.409. The quantitative estimate of drug-likeness (QED) is 0.885. The first kappa shape index (κ1) is 17.1. The van der Waals surface area contributed by atoms with E-state index < -0.39 is 0 Å². The molecule has 0 bridgehead atoms. The molecule has 2 aliphatic heterocycles. The molecule has 0 spiro atoms. The minimum Gasteiger partial charge on any atom is -0.334 e. The van der Waals surface area contributed by atoms with Gasteiger partial charge in [-0.3, -0.25) is 9.80 Å². The zero-order valence-corrected chi connectivity index (χ0v) is 15.2. The molecule has 1 N–H and O–H groups in total. The van der Waals surface area contributed by atoms with Gasteiger partial charge in [-0.1, -0.05) is 48.5 Å². The highest BCUT2D eigenvalue weighted by atomic mass is 16.2. The van der Waals surface area contributed by atoms with Gasteiger partial charge in [-0.25, -0.2) is 4.79 Å². The standard InChI is InChI=1S/C22H27N3O/c26-22-23-16-20-8-4-5-9-21(20)25(22)15-12-18-10-13-24(14-11-18)17-19-6-2-1-3-7-19/h1-9,18H,10-17H2,(H,23,26). The topological polar surface area (TPSA) is 35.6 Å². The van der Waals surface area contributed by atoms with Crippen molar-refractivity contribution in [2.75, 3.05) is 24.5 Å². The summed E-state index contributed by atoms with van der Waals surface area (Å²) in [6.45, 7) is 4.82. The van der Waals surface area contributed by atoms with Crippen molar-refractivity contribution in [1.29, 1.82) is 0 Å². The summed E-state index contributed by atoms with van der Waals surface area (Å²) >= 11 is 0. The maximum absolute atomic E-state index is 12.3. The fourth-order valence-corrected chi connectivity index (χ4v) is 4.11. The lowest BCUT2D eigenvalue weighted by molar-refractivity contribution is 0.173. The summed E-state index contributed by atoms with van der Waals surface area (Å²) in [6.07, 6.45) is 3.54. The number of hydrogen-bond donors (Lipinski definition) is 1. The number of anilines is 1. The lowest BCUT2D eigenvalue weighted by Crippen LogP contribution is -2.45. The van der Waals surface area contributed by atoms with Gasteiger partial charge in [0.25, 0.3) is 0 Å². The maximum atomic E-state index is 12.3. The number of nitrogens with one attached hydrogen (secondary N) is 1. The van der Waals surface area contributed by atoms with Gasteiger partial charge >= 0.3 is 6.03 Å². The number of piperidine rings is 1. The molecule has 4 rings (SSSR count). The molecule has 0 aliphatic carbocycles. The van der Waals surface area contributed by atoms with Crippen LogP contribution in [0, 0.1) is 5.92 Å². The van der Waals surface area contributed by atoms with E-state index in [2.05, 4.69) is 52.7 Å². The van der Waals surface area contributed by atoms with Crippen molar-refractivity contribution in [2.45, 2.75) is 32.4 Å². The van der Waals surface area contributed by atoms with Gasteiger partial charge < -0.3 is 5.32 Å². The molecule has 136 valence electrons. The van der Waals surface area contributed by atoms with Crippen molar-refractivity contribution >= 4 is 11.7 Å². The first-order valence-corrected chi connectivity index (χ1v) is 9.69. The van der Waals surface area contributed by atoms with E-state index in [1.54, 1.807) is 0 Å². The van der Waals surface area contributed by atoms with Crippen molar-refractivity contribution in [3.63, 3.8) is 0 Å². The van der Waals surface area contributed by atoms with Crippen molar-refractivity contribution in [3.05, 3.63) is 65.7 Å². The summed E-state index contributed by atoms with van der Waals surface area (Å²) in [6, 6.07) is 19.0. The average Bonchev–Trinajstić information content (AvgIpc) is 2.69. The first-order chi connectivity index (χ1) is 12.8. The van der Waals surface area contributed by atoms with Crippen LogP contribution in [0.5, 0.6) is 0 Å². The number of para-hydroxylation sites is 1. The molecule has 0 aromatic heterocycles. The van der Waals surface area contributed by atoms with Crippen molar-refractivity contribution in [1.82, 2.24) is 10.2 Å². The summed E-state index contributed by atoms with van der Waals surface area (Å²) in [4.78, 5) is 16.8. The Kier molecular flexibility index (Phi) is 5.21. The Morgan fingerprint density at radius 2 is 1.69 bits per heavy atom. The molecule has 0 atom stereocenters. The third-order valence-corrected chi connectivity index (χ3v) is 5.67. The Balaban J connectivity index is 1.28. The van der Waals surface area contributed by atoms with Crippen LogP contribution < -0.4 is 10.2 Å². The summed E-state index contributed by atoms with van der Waals surface area (Å²) in [5, 5.41) is 2.99. The lowest BCUT2D eigenvalue weighted by atomic mass is 9.93. The van der Waals surface area contributed by atoms with Gasteiger partial charge in [0, 0.05) is 19.6 Å². The Morgan fingerprint density at radius 3 is 2.50 bits per heavy atom. The molecule has 4 nitrogen and oxygen atoms in total. The molecule has 2 heterocycles. The minimum atomic E-state index is 0.0465. The first-order valence-electron chi connectivity index (χ1n) is 9.69. The van der Waals surface area contributed by atoms with Crippen LogP contribution in [0.4, 0.5) is 10.5 Å². The number of fused-ring (bicyclic) bond motifs is 1. The fourth-order valence-electron chi connectivity index (χ4n) is 4.11. The van der Waals surface area contributed by atoms with E-state index in [1.807, 2.05) is 17.0 Å². The second-order valence-corrected chi connectivity index (χ2v) is 7.43. The third kappa shape index (κ3) is 3.91. The van der Waals surface area contributed by atoms with E-state index >= 15 is 0 Å². The molecule has 0 saturated carbocycles. The van der Waals surface area contributed by atoms with E-state index in [0.717, 1.165) is 38.3 Å². The zero-order chi connectivity index (χ0) is 17.8. The smallest absolute Gasteiger partial charge is 0.322 e. The molecule has 0 radical (unpaired) electrons. The van der Waals surface area contributed by atoms with Gasteiger partial charge in [-0.15, -0.1) is 0 Å². The maximum Gasteiger partial charge on any atom is 0.322 e. The summed E-state index contributed by atoms with van der Waals surface area (Å²) < 4.78 is 0. The normalized spacial score (nSPS) is 18.5. The molecule has 4 heteroatoms. The highest BCUT2D eigenvalue weighted by Gasteiger charge is 2.25. The predicted octanol–water partition coefficient (Wildman–Crippen LogP) is 4.02. The molecule has 2 aromatic carbocycles. The van der Waals surface area contributed by atoms with E-state index in [0.29, 0.717) is 12.5 Å². The number of nitrogens with zero attached hydrogens (tertiary/aromatic N) is 2. The largest absolute Gasteiger partial charge is 0.334 e. The Labute approximate surface area is 155 Å². The number of benzene rings is 2. The predicted molar refractivity (Wildman–Crippen MR) is 105 cm³/mol. The second kappa shape index (κ2) is 7.92. The third-order valence-electron chi connectivity index (χ3n) is 5.67. The van der Waals surface area contributed by atoms with Crippen LogP contribution >= 0.6 is 0 Å². The monoisotopic (exact) mass is 349 g/mol. The molecule has 2 aliphatic rings. The van der Waals surface area contributed by atoms with Gasteiger partial charge in [-0.05, 0) is 55.5 Å². The minimum absolute atomic E-state index is 0.0465. The molecule has 26 heavy (non-hydrogen) atoms. The number of hydrogen-bond acceptors (Lipinski definition) is 2. The van der Waals surface area contributed by atoms with Crippen LogP contribution in [-0.2, 0) is 13.1 Å². The Hall–Kier alpha value is -2.33. The van der Waals surface area contributed by atoms with Crippen LogP contribution in [0.2, 0.25) is 0 Å². The number of carbonyl (C=O) groups is 1. The van der Waals surface area contributed by atoms with Crippen molar-refractivity contribution in [3.8, 4) is 0 Å². The Morgan fingerprint density at radius 1 is 0.962 bits per heavy atom. The average molecular weight is 349 g/mol. The highest BCUT2D eigenvalue weighted by molar-refractivity contribution is 5.94. The van der Waals surface area contributed by atoms with E-state index in [-0.39, 0.29) is 6.03 Å². The summed E-state index contributed by atoms with van der Waals surface area (Å²) in [5.74, 6) is 0.712. The van der Waals surface area contributed by atoms with E-state index in [1.165, 1.54) is 24.0 Å². The number of likely N-dealkylation sites (tertiary alicyclic amines) is 1. The number of urea groups is 1. The summed E-state index contributed by atoms with van der Waals surface area (Å²) in [5.41, 5.74) is 3.69. The van der Waals surface area contributed by atoms with E-state index in [9.17, 15) is 4.79 Å². The molecule has 1 saturated heterocycles. The number of amides is 2. The van der Waals surface area contributed by atoms with Gasteiger partial charge in [0.15, 0.2) is 0 Å². The van der Waals surface area contributed by atoms with Crippen LogP contribution in [0.15, 0.2) is 54.6 Å². The highest BCUT2D eigenvalue weighted by Crippen LogP contribution is 2.27. The molecule has 2 aromatic rings. The number of carbonyl (C=O) groups excluding carboxylic acids is 1. The van der Waals surface area contributed by atoms with Crippen LogP contribution in [0.3, 0.4) is 0 Å². The van der Waals surface area contributed by atoms with Gasteiger partial charge in [0.05, 0.1) is 5.69 Å². The summed E-state index contributed by atoms with van der Waals surface area (Å²) in [7, 11) is 0. The van der Waals surface area contributed by atoms with Crippen molar-refractivity contribution < 1.29 is 4.79 Å². The van der Waals surface area contributed by atoms with Crippen LogP contribution in [0.25, 0.3) is 0 Å². The van der Waals surface area contributed by atoms with Crippen LogP contribution in [-0.4, -0.2) is 30.6 Å². The second-order valence-electron chi connectivity index (χ2n) is 7.43. The molecule has 2 amide bonds. The number of rotatable bonds is 5. The molecule has 0 unspecified atom stereocenters. The molecular weight excluding hydrogens is 322 g/mol. The van der Waals surface area contributed by atoms with Gasteiger partial charge in [-0.2, -0.15) is 0 Å². The van der Waals surface area contributed by atoms with Gasteiger partial charge in [0.2, 0.25) is 0 Å². The lowest BCUT2D eigenvalue weighted by Gasteiger charge is -2.34.